The Bertz CT molecular complexity index is 1180. The van der Waals surface area contributed by atoms with Crippen LogP contribution in [0.25, 0.3) is 11.1 Å². The standard InChI is InChI=1S/C31H37N3O3S/c1-21-3-2-4-26(19-21)29-20-32-17-18-34(29)30(35)24-9-13-27(14-10-24)33-38-28-15-11-23(12-16-28)22-5-7-25(8-6-22)31(36)37/h2,4-8,11-12,15-16,19,21,24,27,29,32-33H,3,9-10,13-14,17-18,20H2,1H3,(H,36,37). The fourth-order valence-electron chi connectivity index (χ4n) is 5.72. The number of allylic oxidation sites excluding steroid dienone is 2. The van der Waals surface area contributed by atoms with Crippen molar-refractivity contribution in [1.82, 2.24) is 14.9 Å². The van der Waals surface area contributed by atoms with Crippen LogP contribution in [0.3, 0.4) is 0 Å². The molecular formula is C31H37N3O3S. The molecule has 1 amide bonds. The molecule has 7 heteroatoms. The number of hydrogen-bond donors (Lipinski definition) is 3. The first kappa shape index (κ1) is 26.7. The number of aromatic carboxylic acids is 1. The Kier molecular flexibility index (Phi) is 8.67. The summed E-state index contributed by atoms with van der Waals surface area (Å²) in [4.78, 5) is 27.9. The number of carboxylic acids is 1. The van der Waals surface area contributed by atoms with E-state index in [-0.39, 0.29) is 12.0 Å². The van der Waals surface area contributed by atoms with Crippen molar-refractivity contribution < 1.29 is 14.7 Å². The molecule has 2 atom stereocenters. The molecule has 1 saturated carbocycles. The van der Waals surface area contributed by atoms with Gasteiger partial charge in [-0.05, 0) is 90.9 Å². The highest BCUT2D eigenvalue weighted by atomic mass is 32.2. The largest absolute Gasteiger partial charge is 0.478 e. The number of carboxylic acid groups (broad SMARTS) is 1. The second-order valence-corrected chi connectivity index (χ2v) is 11.6. The lowest BCUT2D eigenvalue weighted by molar-refractivity contribution is -0.139. The van der Waals surface area contributed by atoms with Crippen LogP contribution in [0.5, 0.6) is 0 Å². The summed E-state index contributed by atoms with van der Waals surface area (Å²) in [6.07, 6.45) is 11.8. The number of piperazine rings is 1. The monoisotopic (exact) mass is 531 g/mol. The van der Waals surface area contributed by atoms with Gasteiger partial charge in [-0.15, -0.1) is 0 Å². The summed E-state index contributed by atoms with van der Waals surface area (Å²) in [6, 6.07) is 15.8. The third-order valence-electron chi connectivity index (χ3n) is 7.95. The Balaban J connectivity index is 1.11. The average Bonchev–Trinajstić information content (AvgIpc) is 2.96. The molecule has 1 heterocycles. The van der Waals surface area contributed by atoms with Gasteiger partial charge in [0.05, 0.1) is 11.6 Å². The quantitative estimate of drug-likeness (QED) is 0.408. The Morgan fingerprint density at radius 2 is 1.68 bits per heavy atom. The van der Waals surface area contributed by atoms with Gasteiger partial charge in [0.15, 0.2) is 0 Å². The SMILES string of the molecule is CC1C=C(C2CNCCN2C(=O)C2CCC(NSc3ccc(-c4ccc(C(=O)O)cc4)cc3)CC2)C=CC1. The molecule has 2 aromatic rings. The molecule has 2 aromatic carbocycles. The predicted molar refractivity (Wildman–Crippen MR) is 153 cm³/mol. The zero-order chi connectivity index (χ0) is 26.5. The van der Waals surface area contributed by atoms with Gasteiger partial charge >= 0.3 is 5.97 Å². The molecule has 1 saturated heterocycles. The van der Waals surface area contributed by atoms with E-state index in [0.717, 1.165) is 67.8 Å². The Morgan fingerprint density at radius 1 is 1.00 bits per heavy atom. The number of rotatable bonds is 7. The van der Waals surface area contributed by atoms with E-state index in [0.29, 0.717) is 23.4 Å². The summed E-state index contributed by atoms with van der Waals surface area (Å²) in [5.41, 5.74) is 3.65. The molecule has 0 aromatic heterocycles. The molecule has 2 aliphatic carbocycles. The lowest BCUT2D eigenvalue weighted by Crippen LogP contribution is -2.56. The van der Waals surface area contributed by atoms with Crippen molar-refractivity contribution in [2.75, 3.05) is 19.6 Å². The van der Waals surface area contributed by atoms with Gasteiger partial charge in [0.1, 0.15) is 0 Å². The van der Waals surface area contributed by atoms with Crippen LogP contribution in [0, 0.1) is 11.8 Å². The number of carbonyl (C=O) groups excluding carboxylic acids is 1. The van der Waals surface area contributed by atoms with Crippen molar-refractivity contribution in [3.8, 4) is 11.1 Å². The summed E-state index contributed by atoms with van der Waals surface area (Å²) in [5, 5.41) is 12.6. The highest BCUT2D eigenvalue weighted by molar-refractivity contribution is 7.97. The first-order valence-electron chi connectivity index (χ1n) is 13.7. The van der Waals surface area contributed by atoms with E-state index in [9.17, 15) is 9.59 Å². The van der Waals surface area contributed by atoms with Crippen LogP contribution >= 0.6 is 11.9 Å². The van der Waals surface area contributed by atoms with Gasteiger partial charge in [-0.25, -0.2) is 4.79 Å². The summed E-state index contributed by atoms with van der Waals surface area (Å²) in [6.45, 7) is 4.74. The second-order valence-electron chi connectivity index (χ2n) is 10.7. The molecule has 3 aliphatic rings. The van der Waals surface area contributed by atoms with Crippen LogP contribution < -0.4 is 10.0 Å². The maximum absolute atomic E-state index is 13.6. The molecule has 200 valence electrons. The highest BCUT2D eigenvalue weighted by Crippen LogP contribution is 2.31. The number of amides is 1. The van der Waals surface area contributed by atoms with Gasteiger partial charge in [0, 0.05) is 36.5 Å². The van der Waals surface area contributed by atoms with Gasteiger partial charge in [-0.3, -0.25) is 9.52 Å². The fraction of sp³-hybridized carbons (Fsp3) is 0.419. The van der Waals surface area contributed by atoms with Crippen molar-refractivity contribution >= 4 is 23.8 Å². The highest BCUT2D eigenvalue weighted by Gasteiger charge is 2.35. The number of hydrogen-bond acceptors (Lipinski definition) is 5. The Hall–Kier alpha value is -2.87. The number of carbonyl (C=O) groups is 2. The van der Waals surface area contributed by atoms with Crippen LogP contribution in [-0.2, 0) is 4.79 Å². The normalized spacial score (nSPS) is 25.6. The molecule has 3 N–H and O–H groups in total. The third kappa shape index (κ3) is 6.40. The minimum absolute atomic E-state index is 0.121. The minimum atomic E-state index is -0.912. The zero-order valence-electron chi connectivity index (χ0n) is 21.9. The summed E-state index contributed by atoms with van der Waals surface area (Å²) in [7, 11) is 0. The lowest BCUT2D eigenvalue weighted by atomic mass is 9.84. The molecule has 5 rings (SSSR count). The Morgan fingerprint density at radius 3 is 2.34 bits per heavy atom. The van der Waals surface area contributed by atoms with Crippen LogP contribution in [-0.4, -0.2) is 53.6 Å². The van der Waals surface area contributed by atoms with E-state index >= 15 is 0 Å². The van der Waals surface area contributed by atoms with E-state index < -0.39 is 5.97 Å². The van der Waals surface area contributed by atoms with Crippen molar-refractivity contribution in [1.29, 1.82) is 0 Å². The topological polar surface area (TPSA) is 81.7 Å². The van der Waals surface area contributed by atoms with Crippen molar-refractivity contribution in [3.05, 3.63) is 77.9 Å². The van der Waals surface area contributed by atoms with Gasteiger partial charge in [-0.2, -0.15) is 0 Å². The maximum atomic E-state index is 13.6. The van der Waals surface area contributed by atoms with Crippen molar-refractivity contribution in [3.63, 3.8) is 0 Å². The number of nitrogens with one attached hydrogen (secondary N) is 2. The molecule has 0 radical (unpaired) electrons. The minimum Gasteiger partial charge on any atom is -0.478 e. The summed E-state index contributed by atoms with van der Waals surface area (Å²) in [5.74, 6) is 0.0811. The van der Waals surface area contributed by atoms with Crippen molar-refractivity contribution in [2.45, 2.75) is 56.0 Å². The zero-order valence-corrected chi connectivity index (χ0v) is 22.8. The van der Waals surface area contributed by atoms with Gasteiger partial charge in [0.25, 0.3) is 0 Å². The van der Waals surface area contributed by atoms with Crippen molar-refractivity contribution in [2.24, 2.45) is 11.8 Å². The van der Waals surface area contributed by atoms with Gasteiger partial charge in [0.2, 0.25) is 5.91 Å². The molecule has 38 heavy (non-hydrogen) atoms. The number of nitrogens with zero attached hydrogens (tertiary/aromatic N) is 1. The molecule has 0 spiro atoms. The average molecular weight is 532 g/mol. The molecule has 6 nitrogen and oxygen atoms in total. The smallest absolute Gasteiger partial charge is 0.335 e. The van der Waals surface area contributed by atoms with Crippen LogP contribution in [0.15, 0.2) is 77.2 Å². The summed E-state index contributed by atoms with van der Waals surface area (Å²) < 4.78 is 3.62. The van der Waals surface area contributed by atoms with Gasteiger partial charge < -0.3 is 15.3 Å². The molecule has 0 bridgehead atoms. The first-order chi connectivity index (χ1) is 18.5. The molecule has 1 aliphatic heterocycles. The second kappa shape index (κ2) is 12.3. The summed E-state index contributed by atoms with van der Waals surface area (Å²) >= 11 is 1.65. The number of benzene rings is 2. The fourth-order valence-corrected chi connectivity index (χ4v) is 6.53. The van der Waals surface area contributed by atoms with E-state index in [4.69, 9.17) is 5.11 Å². The van der Waals surface area contributed by atoms with Crippen LogP contribution in [0.1, 0.15) is 49.4 Å². The van der Waals surface area contributed by atoms with Crippen LogP contribution in [0.4, 0.5) is 0 Å². The van der Waals surface area contributed by atoms with Crippen LogP contribution in [0.2, 0.25) is 0 Å². The Labute approximate surface area is 229 Å². The maximum Gasteiger partial charge on any atom is 0.335 e. The lowest BCUT2D eigenvalue weighted by Gasteiger charge is -2.41. The first-order valence-corrected chi connectivity index (χ1v) is 14.5. The van der Waals surface area contributed by atoms with E-state index in [2.05, 4.69) is 64.4 Å². The molecule has 2 fully saturated rings. The van der Waals surface area contributed by atoms with Gasteiger partial charge in [-0.1, -0.05) is 49.4 Å². The molecule has 2 unspecified atom stereocenters. The third-order valence-corrected chi connectivity index (χ3v) is 8.90. The van der Waals surface area contributed by atoms with E-state index in [1.165, 1.54) is 5.57 Å². The predicted octanol–water partition coefficient (Wildman–Crippen LogP) is 5.53. The van der Waals surface area contributed by atoms with E-state index in [1.807, 2.05) is 12.1 Å². The molecular weight excluding hydrogens is 494 g/mol. The van der Waals surface area contributed by atoms with E-state index in [1.54, 1.807) is 24.1 Å².